The van der Waals surface area contributed by atoms with Gasteiger partial charge >= 0.3 is 69.6 Å². The van der Waals surface area contributed by atoms with E-state index in [1.54, 1.807) is 0 Å². The Bertz CT molecular complexity index is 286. The van der Waals surface area contributed by atoms with Crippen molar-refractivity contribution in [2.45, 2.75) is 4.63 Å². The van der Waals surface area contributed by atoms with E-state index in [0.717, 1.165) is 0 Å². The normalized spacial score (nSPS) is 16.2. The predicted octanol–water partition coefficient (Wildman–Crippen LogP) is 3.57. The molecular formula is C9H10Cl3V. The maximum atomic E-state index is 2.67. The summed E-state index contributed by atoms with van der Waals surface area (Å²) in [4.78, 5) is 0. The molecule has 0 N–H and O–H groups in total. The minimum absolute atomic E-state index is 0. The molecule has 0 saturated carbocycles. The molecule has 0 heterocycles. The summed E-state index contributed by atoms with van der Waals surface area (Å²) in [7, 11) is 0. The van der Waals surface area contributed by atoms with Crippen LogP contribution in [-0.2, 0) is 17.4 Å². The molecule has 0 nitrogen and oxygen atoms in total. The Labute approximate surface area is 106 Å². The summed E-state index contributed by atoms with van der Waals surface area (Å²) in [6.45, 7) is 0. The zero-order valence-electron chi connectivity index (χ0n) is 6.71. The molecule has 1 aliphatic rings. The molecule has 0 radical (unpaired) electrons. The number of rotatable bonds is 0. The summed E-state index contributed by atoms with van der Waals surface area (Å²) in [5.74, 6) is 0. The summed E-state index contributed by atoms with van der Waals surface area (Å²) in [6.07, 6.45) is 4.39. The second kappa shape index (κ2) is 6.81. The number of benzene rings is 1. The standard InChI is InChI=1S/C9H7.3ClH.V/c1-2-5-9-7-3-6-8(9)4-1;;;;/h1-7H;3*1H;. The summed E-state index contributed by atoms with van der Waals surface area (Å²) >= 11 is 2.67. The molecule has 0 aliphatic heterocycles. The molecule has 0 saturated heterocycles. The topological polar surface area (TPSA) is 0 Å². The van der Waals surface area contributed by atoms with Gasteiger partial charge in [0.15, 0.2) is 0 Å². The zero-order valence-corrected chi connectivity index (χ0v) is 10.6. The van der Waals surface area contributed by atoms with Crippen LogP contribution in [-0.4, -0.2) is 0 Å². The molecule has 2 rings (SSSR count). The molecule has 0 bridgehead atoms. The van der Waals surface area contributed by atoms with Crippen molar-refractivity contribution in [2.24, 2.45) is 0 Å². The Morgan fingerprint density at radius 1 is 1.00 bits per heavy atom. The van der Waals surface area contributed by atoms with Crippen molar-refractivity contribution in [2.75, 3.05) is 0 Å². The van der Waals surface area contributed by atoms with Crippen molar-refractivity contribution in [3.63, 3.8) is 0 Å². The minimum atomic E-state index is 0. The predicted molar refractivity (Wildman–Crippen MR) is 60.0 cm³/mol. The molecule has 0 spiro atoms. The van der Waals surface area contributed by atoms with Gasteiger partial charge in [0.2, 0.25) is 0 Å². The number of halogens is 3. The van der Waals surface area contributed by atoms with Crippen molar-refractivity contribution in [3.8, 4) is 0 Å². The van der Waals surface area contributed by atoms with E-state index in [2.05, 4.69) is 53.8 Å². The van der Waals surface area contributed by atoms with E-state index in [4.69, 9.17) is 0 Å². The zero-order chi connectivity index (χ0) is 6.97. The van der Waals surface area contributed by atoms with E-state index in [9.17, 15) is 0 Å². The molecule has 13 heavy (non-hydrogen) atoms. The van der Waals surface area contributed by atoms with Gasteiger partial charge in [-0.05, 0) is 0 Å². The quantitative estimate of drug-likeness (QED) is 0.679. The Morgan fingerprint density at radius 2 is 1.62 bits per heavy atom. The van der Waals surface area contributed by atoms with Gasteiger partial charge in [0.1, 0.15) is 0 Å². The second-order valence-corrected chi connectivity index (χ2v) is 3.30. The van der Waals surface area contributed by atoms with E-state index >= 15 is 0 Å². The molecule has 4 heteroatoms. The van der Waals surface area contributed by atoms with Crippen molar-refractivity contribution in [1.29, 1.82) is 0 Å². The maximum absolute atomic E-state index is 2.67. The fourth-order valence-electron chi connectivity index (χ4n) is 1.23. The molecule has 0 aromatic heterocycles. The Kier molecular flexibility index (Phi) is 8.31. The van der Waals surface area contributed by atoms with E-state index in [1.165, 1.54) is 11.1 Å². The Hall–Kier alpha value is 0.414. The van der Waals surface area contributed by atoms with Gasteiger partial charge in [0.25, 0.3) is 0 Å². The molecular weight excluding hydrogens is 265 g/mol. The van der Waals surface area contributed by atoms with Crippen LogP contribution in [0.3, 0.4) is 0 Å². The fourth-order valence-corrected chi connectivity index (χ4v) is 1.73. The summed E-state index contributed by atoms with van der Waals surface area (Å²) in [6, 6.07) is 8.50. The van der Waals surface area contributed by atoms with Crippen LogP contribution in [0.4, 0.5) is 0 Å². The van der Waals surface area contributed by atoms with Gasteiger partial charge in [-0.3, -0.25) is 0 Å². The average molecular weight is 275 g/mol. The van der Waals surface area contributed by atoms with E-state index in [-0.39, 0.29) is 37.2 Å². The van der Waals surface area contributed by atoms with Crippen molar-refractivity contribution in [1.82, 2.24) is 0 Å². The number of hydrogen-bond donors (Lipinski definition) is 0. The van der Waals surface area contributed by atoms with Crippen LogP contribution >= 0.6 is 37.2 Å². The van der Waals surface area contributed by atoms with E-state index in [0.29, 0.717) is 4.63 Å². The van der Waals surface area contributed by atoms with Crippen LogP contribution in [0.5, 0.6) is 0 Å². The average Bonchev–Trinajstić information content (AvgIpc) is 2.34. The summed E-state index contributed by atoms with van der Waals surface area (Å²) < 4.78 is 0.559. The first-order chi connectivity index (χ1) is 4.88. The van der Waals surface area contributed by atoms with Crippen molar-refractivity contribution in [3.05, 3.63) is 41.5 Å². The van der Waals surface area contributed by atoms with E-state index in [1.807, 2.05) is 0 Å². The first-order valence-corrected chi connectivity index (χ1v) is 4.14. The number of allylic oxidation sites excluding steroid dienone is 1. The first-order valence-electron chi connectivity index (χ1n) is 3.33. The fraction of sp³-hybridized carbons (Fsp3) is 0.111. The number of fused-ring (bicyclic) bond motifs is 1. The van der Waals surface area contributed by atoms with Gasteiger partial charge in [-0.25, -0.2) is 0 Å². The SMILES string of the molecule is Cl.Cl.Cl.[V][CH]1C=Cc2ccccc21. The third kappa shape index (κ3) is 3.23. The van der Waals surface area contributed by atoms with Crippen LogP contribution in [0.2, 0.25) is 0 Å². The summed E-state index contributed by atoms with van der Waals surface area (Å²) in [5.41, 5.74) is 2.80. The number of hydrogen-bond acceptors (Lipinski definition) is 0. The molecule has 0 fully saturated rings. The summed E-state index contributed by atoms with van der Waals surface area (Å²) in [5, 5.41) is 0. The molecule has 0 amide bonds. The van der Waals surface area contributed by atoms with Gasteiger partial charge in [-0.1, -0.05) is 0 Å². The first kappa shape index (κ1) is 15.9. The third-order valence-electron chi connectivity index (χ3n) is 1.77. The second-order valence-electron chi connectivity index (χ2n) is 2.43. The molecule has 1 aliphatic carbocycles. The van der Waals surface area contributed by atoms with Crippen molar-refractivity contribution < 1.29 is 17.4 Å². The van der Waals surface area contributed by atoms with E-state index < -0.39 is 0 Å². The third-order valence-corrected chi connectivity index (χ3v) is 2.48. The molecule has 1 unspecified atom stereocenters. The van der Waals surface area contributed by atoms with Crippen LogP contribution in [0.25, 0.3) is 6.08 Å². The van der Waals surface area contributed by atoms with Crippen LogP contribution < -0.4 is 0 Å². The monoisotopic (exact) mass is 274 g/mol. The van der Waals surface area contributed by atoms with Crippen molar-refractivity contribution >= 4 is 43.3 Å². The van der Waals surface area contributed by atoms with Crippen LogP contribution in [0, 0.1) is 0 Å². The molecule has 1 aromatic rings. The van der Waals surface area contributed by atoms with Crippen LogP contribution in [0.1, 0.15) is 15.8 Å². The van der Waals surface area contributed by atoms with Crippen LogP contribution in [0.15, 0.2) is 30.3 Å². The van der Waals surface area contributed by atoms with Gasteiger partial charge < -0.3 is 0 Å². The van der Waals surface area contributed by atoms with Gasteiger partial charge in [-0.15, -0.1) is 37.2 Å². The van der Waals surface area contributed by atoms with Gasteiger partial charge in [0, 0.05) is 0 Å². The van der Waals surface area contributed by atoms with Gasteiger partial charge in [-0.2, -0.15) is 0 Å². The molecule has 1 atom stereocenters. The molecule has 72 valence electrons. The van der Waals surface area contributed by atoms with Gasteiger partial charge in [0.05, 0.1) is 0 Å². The Morgan fingerprint density at radius 3 is 2.23 bits per heavy atom. The Balaban J connectivity index is 0. The molecule has 1 aromatic carbocycles.